The number of alkyl halides is 3. The second-order valence-corrected chi connectivity index (χ2v) is 5.64. The van der Waals surface area contributed by atoms with E-state index in [1.54, 1.807) is 0 Å². The number of nitrogens with one attached hydrogen (secondary N) is 2. The minimum absolute atomic E-state index is 0.0932. The van der Waals surface area contributed by atoms with Gasteiger partial charge < -0.3 is 10.6 Å². The van der Waals surface area contributed by atoms with Gasteiger partial charge in [-0.05, 0) is 36.6 Å². The van der Waals surface area contributed by atoms with Gasteiger partial charge in [-0.1, -0.05) is 19.1 Å². The van der Waals surface area contributed by atoms with Crippen molar-refractivity contribution >= 4 is 5.91 Å². The highest BCUT2D eigenvalue weighted by Crippen LogP contribution is 2.29. The molecule has 0 aliphatic carbocycles. The predicted octanol–water partition coefficient (Wildman–Crippen LogP) is 2.36. The van der Waals surface area contributed by atoms with Gasteiger partial charge in [0.1, 0.15) is 0 Å². The molecule has 1 aliphatic rings. The summed E-state index contributed by atoms with van der Waals surface area (Å²) >= 11 is 0. The average molecular weight is 300 g/mol. The molecule has 6 heteroatoms. The van der Waals surface area contributed by atoms with E-state index in [1.165, 1.54) is 12.1 Å². The zero-order valence-electron chi connectivity index (χ0n) is 11.8. The number of piperidine rings is 1. The van der Waals surface area contributed by atoms with Crippen LogP contribution in [0.5, 0.6) is 0 Å². The smallest absolute Gasteiger partial charge is 0.352 e. The summed E-state index contributed by atoms with van der Waals surface area (Å²) in [5.74, 6) is 0.353. The summed E-state index contributed by atoms with van der Waals surface area (Å²) in [6, 6.07) is 4.81. The molecule has 0 radical (unpaired) electrons. The third kappa shape index (κ3) is 4.74. The molecule has 2 atom stereocenters. The van der Waals surface area contributed by atoms with Gasteiger partial charge in [-0.25, -0.2) is 0 Å². The zero-order chi connectivity index (χ0) is 15.5. The molecule has 2 rings (SSSR count). The summed E-state index contributed by atoms with van der Waals surface area (Å²) in [6.45, 7) is 3.80. The Hall–Kier alpha value is -1.56. The first kappa shape index (κ1) is 15.8. The van der Waals surface area contributed by atoms with Crippen LogP contribution in [0.1, 0.15) is 24.5 Å². The highest BCUT2D eigenvalue weighted by atomic mass is 19.4. The molecule has 0 spiro atoms. The number of amides is 1. The lowest BCUT2D eigenvalue weighted by Crippen LogP contribution is -2.48. The van der Waals surface area contributed by atoms with Crippen LogP contribution in [0.3, 0.4) is 0 Å². The maximum absolute atomic E-state index is 12.4. The molecule has 0 aromatic heterocycles. The van der Waals surface area contributed by atoms with E-state index in [-0.39, 0.29) is 18.4 Å². The molecule has 1 saturated heterocycles. The van der Waals surface area contributed by atoms with Crippen LogP contribution in [-0.4, -0.2) is 25.0 Å². The first-order chi connectivity index (χ1) is 9.84. The fourth-order valence-corrected chi connectivity index (χ4v) is 2.54. The Kier molecular flexibility index (Phi) is 4.88. The number of halogens is 3. The van der Waals surface area contributed by atoms with Gasteiger partial charge in [0.15, 0.2) is 0 Å². The van der Waals surface area contributed by atoms with E-state index in [2.05, 4.69) is 17.6 Å². The molecular formula is C15H19F3N2O. The fraction of sp³-hybridized carbons (Fsp3) is 0.533. The SMILES string of the molecule is CC1CNCC(NC(=O)Cc2ccc(C(F)(F)F)cc2)C1. The topological polar surface area (TPSA) is 41.1 Å². The molecule has 3 nitrogen and oxygen atoms in total. The van der Waals surface area contributed by atoms with Gasteiger partial charge in [0.05, 0.1) is 12.0 Å². The highest BCUT2D eigenvalue weighted by molar-refractivity contribution is 5.78. The van der Waals surface area contributed by atoms with Crippen LogP contribution < -0.4 is 10.6 Å². The number of carbonyl (C=O) groups excluding carboxylic acids is 1. The van der Waals surface area contributed by atoms with Crippen molar-refractivity contribution in [3.63, 3.8) is 0 Å². The van der Waals surface area contributed by atoms with Crippen molar-refractivity contribution < 1.29 is 18.0 Å². The fourth-order valence-electron chi connectivity index (χ4n) is 2.54. The van der Waals surface area contributed by atoms with Crippen molar-refractivity contribution in [3.8, 4) is 0 Å². The van der Waals surface area contributed by atoms with E-state index in [9.17, 15) is 18.0 Å². The molecule has 1 amide bonds. The summed E-state index contributed by atoms with van der Waals surface area (Å²) in [6.07, 6.45) is -3.32. The lowest BCUT2D eigenvalue weighted by molar-refractivity contribution is -0.137. The van der Waals surface area contributed by atoms with Gasteiger partial charge in [0.2, 0.25) is 5.91 Å². The standard InChI is InChI=1S/C15H19F3N2O/c1-10-6-13(9-19-8-10)20-14(21)7-11-2-4-12(5-3-11)15(16,17)18/h2-5,10,13,19H,6-9H2,1H3,(H,20,21). The number of carbonyl (C=O) groups is 1. The van der Waals surface area contributed by atoms with Gasteiger partial charge in [-0.3, -0.25) is 4.79 Å². The molecule has 2 N–H and O–H groups in total. The zero-order valence-corrected chi connectivity index (χ0v) is 11.8. The third-order valence-electron chi connectivity index (χ3n) is 3.58. The highest BCUT2D eigenvalue weighted by Gasteiger charge is 2.30. The van der Waals surface area contributed by atoms with Gasteiger partial charge >= 0.3 is 6.18 Å². The molecule has 1 heterocycles. The van der Waals surface area contributed by atoms with Gasteiger partial charge in [0.25, 0.3) is 0 Å². The molecule has 1 aliphatic heterocycles. The van der Waals surface area contributed by atoms with Crippen LogP contribution in [0.25, 0.3) is 0 Å². The van der Waals surface area contributed by atoms with E-state index < -0.39 is 11.7 Å². The van der Waals surface area contributed by atoms with Gasteiger partial charge in [-0.15, -0.1) is 0 Å². The minimum atomic E-state index is -4.34. The first-order valence-corrected chi connectivity index (χ1v) is 7.01. The number of rotatable bonds is 3. The van der Waals surface area contributed by atoms with Crippen LogP contribution in [0.4, 0.5) is 13.2 Å². The van der Waals surface area contributed by atoms with Crippen LogP contribution in [0, 0.1) is 5.92 Å². The van der Waals surface area contributed by atoms with E-state index >= 15 is 0 Å². The Morgan fingerprint density at radius 1 is 1.29 bits per heavy atom. The minimum Gasteiger partial charge on any atom is -0.352 e. The Labute approximate surface area is 121 Å². The van der Waals surface area contributed by atoms with Gasteiger partial charge in [0, 0.05) is 12.6 Å². The summed E-state index contributed by atoms with van der Waals surface area (Å²) in [5.41, 5.74) is -0.116. The normalized spacial score (nSPS) is 22.9. The van der Waals surface area contributed by atoms with Crippen LogP contribution in [0.2, 0.25) is 0 Å². The Morgan fingerprint density at radius 2 is 1.95 bits per heavy atom. The molecule has 116 valence electrons. The maximum Gasteiger partial charge on any atom is 0.416 e. The average Bonchev–Trinajstić information content (AvgIpc) is 2.38. The van der Waals surface area contributed by atoms with Crippen molar-refractivity contribution in [1.82, 2.24) is 10.6 Å². The molecule has 1 aromatic rings. The molecular weight excluding hydrogens is 281 g/mol. The molecule has 1 fully saturated rings. The summed E-state index contributed by atoms with van der Waals surface area (Å²) in [5, 5.41) is 6.16. The van der Waals surface area contributed by atoms with Crippen LogP contribution in [0.15, 0.2) is 24.3 Å². The van der Waals surface area contributed by atoms with Crippen LogP contribution >= 0.6 is 0 Å². The summed E-state index contributed by atoms with van der Waals surface area (Å²) in [7, 11) is 0. The molecule has 1 aromatic carbocycles. The second-order valence-electron chi connectivity index (χ2n) is 5.64. The Morgan fingerprint density at radius 3 is 2.52 bits per heavy atom. The molecule has 0 saturated carbocycles. The molecule has 21 heavy (non-hydrogen) atoms. The van der Waals surface area contributed by atoms with Crippen LogP contribution in [-0.2, 0) is 17.4 Å². The summed E-state index contributed by atoms with van der Waals surface area (Å²) in [4.78, 5) is 11.9. The van der Waals surface area contributed by atoms with Crippen molar-refractivity contribution in [2.45, 2.75) is 32.0 Å². The largest absolute Gasteiger partial charge is 0.416 e. The Bertz CT molecular complexity index is 485. The van der Waals surface area contributed by atoms with E-state index in [4.69, 9.17) is 0 Å². The van der Waals surface area contributed by atoms with Crippen molar-refractivity contribution in [3.05, 3.63) is 35.4 Å². The first-order valence-electron chi connectivity index (χ1n) is 7.01. The number of hydrogen-bond donors (Lipinski definition) is 2. The van der Waals surface area contributed by atoms with Crippen molar-refractivity contribution in [1.29, 1.82) is 0 Å². The Balaban J connectivity index is 1.87. The predicted molar refractivity (Wildman–Crippen MR) is 73.7 cm³/mol. The number of hydrogen-bond acceptors (Lipinski definition) is 2. The van der Waals surface area contributed by atoms with Gasteiger partial charge in [-0.2, -0.15) is 13.2 Å². The molecule has 0 bridgehead atoms. The van der Waals surface area contributed by atoms with E-state index in [0.29, 0.717) is 11.5 Å². The second kappa shape index (κ2) is 6.47. The quantitative estimate of drug-likeness (QED) is 0.900. The molecule has 2 unspecified atom stereocenters. The lowest BCUT2D eigenvalue weighted by atomic mass is 9.97. The lowest BCUT2D eigenvalue weighted by Gasteiger charge is -2.28. The number of benzene rings is 1. The monoisotopic (exact) mass is 300 g/mol. The maximum atomic E-state index is 12.4. The van der Waals surface area contributed by atoms with Crippen molar-refractivity contribution in [2.75, 3.05) is 13.1 Å². The van der Waals surface area contributed by atoms with E-state index in [0.717, 1.165) is 31.6 Å². The summed E-state index contributed by atoms with van der Waals surface area (Å²) < 4.78 is 37.3. The van der Waals surface area contributed by atoms with E-state index in [1.807, 2.05) is 0 Å². The third-order valence-corrected chi connectivity index (χ3v) is 3.58. The van der Waals surface area contributed by atoms with Crippen molar-refractivity contribution in [2.24, 2.45) is 5.92 Å².